The topological polar surface area (TPSA) is 32.3 Å². The molecule has 0 atom stereocenters. The van der Waals surface area contributed by atoms with Gasteiger partial charge in [0, 0.05) is 18.0 Å². The van der Waals surface area contributed by atoms with Gasteiger partial charge in [-0.25, -0.2) is 0 Å². The molecular formula is C14H16ClF3N2O. The fraction of sp³-hybridized carbons (Fsp3) is 0.500. The van der Waals surface area contributed by atoms with Crippen LogP contribution in [0.1, 0.15) is 24.8 Å². The molecule has 21 heavy (non-hydrogen) atoms. The van der Waals surface area contributed by atoms with Gasteiger partial charge in [0.15, 0.2) is 0 Å². The Labute approximate surface area is 126 Å². The van der Waals surface area contributed by atoms with E-state index in [0.29, 0.717) is 6.54 Å². The molecule has 0 radical (unpaired) electrons. The molecule has 0 aliphatic carbocycles. The van der Waals surface area contributed by atoms with Crippen molar-refractivity contribution in [1.82, 2.24) is 4.90 Å². The van der Waals surface area contributed by atoms with Crippen LogP contribution in [0.3, 0.4) is 0 Å². The van der Waals surface area contributed by atoms with Gasteiger partial charge in [-0.15, -0.1) is 0 Å². The zero-order valence-electron chi connectivity index (χ0n) is 11.3. The molecule has 1 amide bonds. The highest BCUT2D eigenvalue weighted by Crippen LogP contribution is 2.36. The second-order valence-electron chi connectivity index (χ2n) is 5.03. The summed E-state index contributed by atoms with van der Waals surface area (Å²) in [6, 6.07) is 3.32. The number of benzene rings is 1. The summed E-state index contributed by atoms with van der Waals surface area (Å²) in [6.07, 6.45) is -2.16. The molecule has 1 heterocycles. The van der Waals surface area contributed by atoms with E-state index in [4.69, 9.17) is 11.6 Å². The molecule has 1 saturated heterocycles. The number of anilines is 1. The minimum atomic E-state index is -4.55. The van der Waals surface area contributed by atoms with Gasteiger partial charge in [-0.05, 0) is 44.1 Å². The van der Waals surface area contributed by atoms with Crippen molar-refractivity contribution in [2.45, 2.75) is 25.4 Å². The third-order valence-corrected chi connectivity index (χ3v) is 3.65. The van der Waals surface area contributed by atoms with Crippen LogP contribution in [0, 0.1) is 0 Å². The van der Waals surface area contributed by atoms with Crippen molar-refractivity contribution in [3.63, 3.8) is 0 Å². The van der Waals surface area contributed by atoms with E-state index in [2.05, 4.69) is 10.2 Å². The van der Waals surface area contributed by atoms with Crippen LogP contribution in [-0.2, 0) is 11.0 Å². The van der Waals surface area contributed by atoms with Crippen LogP contribution in [0.15, 0.2) is 18.2 Å². The first kappa shape index (κ1) is 16.1. The second-order valence-corrected chi connectivity index (χ2v) is 5.47. The lowest BCUT2D eigenvalue weighted by molar-refractivity contribution is -0.137. The molecule has 1 aromatic carbocycles. The molecule has 0 saturated carbocycles. The molecule has 1 aromatic rings. The Bertz CT molecular complexity index is 513. The number of hydrogen-bond donors (Lipinski definition) is 1. The zero-order valence-corrected chi connectivity index (χ0v) is 12.1. The van der Waals surface area contributed by atoms with E-state index in [1.54, 1.807) is 0 Å². The van der Waals surface area contributed by atoms with Gasteiger partial charge in [0.05, 0.1) is 11.3 Å². The van der Waals surface area contributed by atoms with Crippen LogP contribution in [0.5, 0.6) is 0 Å². The van der Waals surface area contributed by atoms with Crippen LogP contribution in [0.4, 0.5) is 18.9 Å². The molecule has 0 bridgehead atoms. The number of alkyl halides is 3. The van der Waals surface area contributed by atoms with Crippen LogP contribution in [0.25, 0.3) is 0 Å². The summed E-state index contributed by atoms with van der Waals surface area (Å²) >= 11 is 5.59. The quantitative estimate of drug-likeness (QED) is 0.915. The predicted molar refractivity (Wildman–Crippen MR) is 75.4 cm³/mol. The van der Waals surface area contributed by atoms with Gasteiger partial charge >= 0.3 is 6.18 Å². The molecule has 0 unspecified atom stereocenters. The number of likely N-dealkylation sites (tertiary alicyclic amines) is 1. The van der Waals surface area contributed by atoms with E-state index in [1.165, 1.54) is 12.1 Å². The number of hydrogen-bond acceptors (Lipinski definition) is 2. The number of nitrogens with one attached hydrogen (secondary N) is 1. The highest BCUT2D eigenvalue weighted by molar-refractivity contribution is 6.30. The molecule has 1 aliphatic heterocycles. The summed E-state index contributed by atoms with van der Waals surface area (Å²) in [5, 5.41) is 2.31. The summed E-state index contributed by atoms with van der Waals surface area (Å²) in [5.41, 5.74) is -1.18. The maximum Gasteiger partial charge on any atom is 0.418 e. The van der Waals surface area contributed by atoms with Crippen molar-refractivity contribution in [2.24, 2.45) is 0 Å². The van der Waals surface area contributed by atoms with Crippen molar-refractivity contribution in [3.8, 4) is 0 Å². The van der Waals surface area contributed by atoms with Gasteiger partial charge in [0.2, 0.25) is 5.91 Å². The van der Waals surface area contributed by atoms with Gasteiger partial charge in [-0.3, -0.25) is 4.79 Å². The van der Waals surface area contributed by atoms with Crippen molar-refractivity contribution in [1.29, 1.82) is 0 Å². The lowest BCUT2D eigenvalue weighted by Crippen LogP contribution is -2.25. The summed E-state index contributed by atoms with van der Waals surface area (Å²) < 4.78 is 38.7. The van der Waals surface area contributed by atoms with E-state index in [9.17, 15) is 18.0 Å². The Hall–Kier alpha value is -1.27. The van der Waals surface area contributed by atoms with Crippen LogP contribution < -0.4 is 5.32 Å². The van der Waals surface area contributed by atoms with Crippen molar-refractivity contribution >= 4 is 23.2 Å². The Balaban J connectivity index is 1.99. The first-order chi connectivity index (χ1) is 9.86. The Morgan fingerprint density at radius 1 is 1.29 bits per heavy atom. The first-order valence-corrected chi connectivity index (χ1v) is 7.13. The number of rotatable bonds is 4. The third-order valence-electron chi connectivity index (χ3n) is 3.41. The lowest BCUT2D eigenvalue weighted by atomic mass is 10.1. The normalized spacial score (nSPS) is 16.2. The average Bonchev–Trinajstić information content (AvgIpc) is 2.90. The molecule has 0 spiro atoms. The minimum absolute atomic E-state index is 0.0163. The minimum Gasteiger partial charge on any atom is -0.325 e. The first-order valence-electron chi connectivity index (χ1n) is 6.75. The molecule has 1 aliphatic rings. The molecule has 7 heteroatoms. The fourth-order valence-electron chi connectivity index (χ4n) is 2.34. The molecule has 2 rings (SSSR count). The van der Waals surface area contributed by atoms with Crippen LogP contribution in [-0.4, -0.2) is 30.4 Å². The van der Waals surface area contributed by atoms with Crippen LogP contribution in [0.2, 0.25) is 5.02 Å². The standard InChI is InChI=1S/C14H16ClF3N2O/c15-10-3-4-12(11(9-10)14(16,17)18)19-13(21)5-8-20-6-1-2-7-20/h3-4,9H,1-2,5-8H2,(H,19,21). The summed E-state index contributed by atoms with van der Waals surface area (Å²) in [4.78, 5) is 13.9. The highest BCUT2D eigenvalue weighted by Gasteiger charge is 2.34. The number of halogens is 4. The fourth-order valence-corrected chi connectivity index (χ4v) is 2.51. The highest BCUT2D eigenvalue weighted by atomic mass is 35.5. The molecular weight excluding hydrogens is 305 g/mol. The van der Waals surface area contributed by atoms with Gasteiger partial charge in [0.1, 0.15) is 0 Å². The van der Waals surface area contributed by atoms with Gasteiger partial charge in [0.25, 0.3) is 0 Å². The second kappa shape index (κ2) is 6.66. The van der Waals surface area contributed by atoms with Crippen molar-refractivity contribution < 1.29 is 18.0 Å². The number of carbonyl (C=O) groups excluding carboxylic acids is 1. The SMILES string of the molecule is O=C(CCN1CCCC1)Nc1ccc(Cl)cc1C(F)(F)F. The number of carbonyl (C=O) groups is 1. The summed E-state index contributed by atoms with van der Waals surface area (Å²) in [7, 11) is 0. The monoisotopic (exact) mass is 320 g/mol. The Kier molecular flexibility index (Phi) is 5.11. The van der Waals surface area contributed by atoms with E-state index in [0.717, 1.165) is 32.0 Å². The largest absolute Gasteiger partial charge is 0.418 e. The maximum absolute atomic E-state index is 12.9. The zero-order chi connectivity index (χ0) is 15.5. The summed E-state index contributed by atoms with van der Waals surface area (Å²) in [6.45, 7) is 2.46. The third kappa shape index (κ3) is 4.61. The van der Waals surface area contributed by atoms with Gasteiger partial charge < -0.3 is 10.2 Å². The van der Waals surface area contributed by atoms with Gasteiger partial charge in [-0.1, -0.05) is 11.6 Å². The van der Waals surface area contributed by atoms with E-state index >= 15 is 0 Å². The smallest absolute Gasteiger partial charge is 0.325 e. The summed E-state index contributed by atoms with van der Waals surface area (Å²) in [5.74, 6) is -0.422. The maximum atomic E-state index is 12.9. The molecule has 0 aromatic heterocycles. The predicted octanol–water partition coefficient (Wildman–Crippen LogP) is 3.78. The van der Waals surface area contributed by atoms with Crippen molar-refractivity contribution in [3.05, 3.63) is 28.8 Å². The van der Waals surface area contributed by atoms with E-state index < -0.39 is 17.6 Å². The lowest BCUT2D eigenvalue weighted by Gasteiger charge is -2.16. The van der Waals surface area contributed by atoms with E-state index in [1.807, 2.05) is 0 Å². The molecule has 116 valence electrons. The molecule has 1 fully saturated rings. The Morgan fingerprint density at radius 2 is 1.95 bits per heavy atom. The van der Waals surface area contributed by atoms with E-state index in [-0.39, 0.29) is 17.1 Å². The van der Waals surface area contributed by atoms with Gasteiger partial charge in [-0.2, -0.15) is 13.2 Å². The number of nitrogens with zero attached hydrogens (tertiary/aromatic N) is 1. The Morgan fingerprint density at radius 3 is 2.57 bits per heavy atom. The molecule has 3 nitrogen and oxygen atoms in total. The average molecular weight is 321 g/mol. The van der Waals surface area contributed by atoms with Crippen molar-refractivity contribution in [2.75, 3.05) is 25.0 Å². The van der Waals surface area contributed by atoms with Crippen LogP contribution >= 0.6 is 11.6 Å². The molecule has 1 N–H and O–H groups in total. The number of amides is 1.